The van der Waals surface area contributed by atoms with Gasteiger partial charge in [0.15, 0.2) is 0 Å². The van der Waals surface area contributed by atoms with Crippen LogP contribution in [0.2, 0.25) is 0 Å². The second-order valence-corrected chi connectivity index (χ2v) is 14.3. The molecular formula is C44H55N. The molecule has 2 N–H and O–H groups in total. The topological polar surface area (TPSA) is 26.0 Å². The first-order valence-electron chi connectivity index (χ1n) is 18.2. The summed E-state index contributed by atoms with van der Waals surface area (Å²) in [5.74, 6) is 2.73. The molecule has 2 fully saturated rings. The average Bonchev–Trinajstić information content (AvgIpc) is 3.11. The highest BCUT2D eigenvalue weighted by molar-refractivity contribution is 5.82. The Labute approximate surface area is 273 Å². The number of aryl methyl sites for hydroxylation is 2. The molecule has 236 valence electrons. The van der Waals surface area contributed by atoms with E-state index < -0.39 is 0 Å². The van der Waals surface area contributed by atoms with Gasteiger partial charge in [-0.1, -0.05) is 113 Å². The maximum absolute atomic E-state index is 6.56. The Kier molecular flexibility index (Phi) is 10.3. The molecule has 0 spiro atoms. The molecule has 0 aromatic heterocycles. The lowest BCUT2D eigenvalue weighted by molar-refractivity contribution is 0.278. The molecule has 1 unspecified atom stereocenters. The Morgan fingerprint density at radius 2 is 0.933 bits per heavy atom. The minimum Gasteiger partial charge on any atom is -0.327 e. The van der Waals surface area contributed by atoms with E-state index in [2.05, 4.69) is 113 Å². The minimum atomic E-state index is 0.343. The standard InChI is InChI=1S/C44H55N/c1-5-31-10-16-33(17-11-31)38-24-26-40(35-14-8-30(4)9-15-35)42(28-38)43-29-39(34-18-12-32(6-2)13-19-34)25-27-41(43)36-20-22-37(23-21-36)44(45)7-3/h10-13,16-19,24-30,35-37,44H,5-9,14-15,20-23,45H2,1-4H3. The van der Waals surface area contributed by atoms with Crippen LogP contribution in [0.5, 0.6) is 0 Å². The van der Waals surface area contributed by atoms with E-state index in [4.69, 9.17) is 5.73 Å². The highest BCUT2D eigenvalue weighted by atomic mass is 14.6. The van der Waals surface area contributed by atoms with Crippen LogP contribution in [-0.2, 0) is 12.8 Å². The second kappa shape index (κ2) is 14.5. The smallest absolute Gasteiger partial charge is 0.00645 e. The lowest BCUT2D eigenvalue weighted by Gasteiger charge is -2.34. The summed E-state index contributed by atoms with van der Waals surface area (Å²) in [6, 6.07) is 33.8. The van der Waals surface area contributed by atoms with Crippen molar-refractivity contribution in [2.75, 3.05) is 0 Å². The Balaban J connectivity index is 1.48. The molecule has 2 aliphatic carbocycles. The van der Waals surface area contributed by atoms with E-state index >= 15 is 0 Å². The van der Waals surface area contributed by atoms with Gasteiger partial charge in [0, 0.05) is 6.04 Å². The van der Waals surface area contributed by atoms with Crippen LogP contribution in [0.4, 0.5) is 0 Å². The summed E-state index contributed by atoms with van der Waals surface area (Å²) in [4.78, 5) is 0. The number of hydrogen-bond acceptors (Lipinski definition) is 1. The molecule has 0 aliphatic heterocycles. The first kappa shape index (κ1) is 31.8. The third-order valence-electron chi connectivity index (χ3n) is 11.5. The van der Waals surface area contributed by atoms with E-state index in [1.807, 2.05) is 0 Å². The van der Waals surface area contributed by atoms with Gasteiger partial charge in [-0.25, -0.2) is 0 Å². The molecule has 0 bridgehead atoms. The zero-order valence-electron chi connectivity index (χ0n) is 28.3. The summed E-state index contributed by atoms with van der Waals surface area (Å²) in [5, 5.41) is 0. The molecular weight excluding hydrogens is 542 g/mol. The van der Waals surface area contributed by atoms with Gasteiger partial charge in [-0.05, 0) is 149 Å². The molecule has 0 radical (unpaired) electrons. The summed E-state index contributed by atoms with van der Waals surface area (Å²) in [6.07, 6.45) is 13.5. The normalized spacial score (nSPS) is 22.7. The molecule has 1 nitrogen and oxygen atoms in total. The van der Waals surface area contributed by atoms with Crippen molar-refractivity contribution in [2.24, 2.45) is 17.6 Å². The summed E-state index contributed by atoms with van der Waals surface area (Å²) < 4.78 is 0. The van der Waals surface area contributed by atoms with Crippen LogP contribution in [-0.4, -0.2) is 6.04 Å². The number of rotatable bonds is 9. The fourth-order valence-corrected chi connectivity index (χ4v) is 8.28. The summed E-state index contributed by atoms with van der Waals surface area (Å²) >= 11 is 0. The Hall–Kier alpha value is -3.16. The number of nitrogens with two attached hydrogens (primary N) is 1. The molecule has 4 aromatic carbocycles. The lowest BCUT2D eigenvalue weighted by atomic mass is 9.72. The van der Waals surface area contributed by atoms with Gasteiger partial charge in [-0.3, -0.25) is 0 Å². The Morgan fingerprint density at radius 3 is 1.33 bits per heavy atom. The highest BCUT2D eigenvalue weighted by Crippen LogP contribution is 2.47. The third kappa shape index (κ3) is 7.15. The molecule has 2 saturated carbocycles. The SMILES string of the molecule is CCc1ccc(-c2ccc(C3CCC(C)CC3)c(-c3cc(-c4ccc(CC)cc4)ccc3C3CCC(C(N)CC)CC3)c2)cc1. The largest absolute Gasteiger partial charge is 0.327 e. The number of benzene rings is 4. The zero-order valence-corrected chi connectivity index (χ0v) is 28.3. The van der Waals surface area contributed by atoms with E-state index in [9.17, 15) is 0 Å². The summed E-state index contributed by atoms with van der Waals surface area (Å²) in [5.41, 5.74) is 20.7. The van der Waals surface area contributed by atoms with E-state index in [0.29, 0.717) is 23.8 Å². The molecule has 45 heavy (non-hydrogen) atoms. The molecule has 0 heterocycles. The van der Waals surface area contributed by atoms with E-state index in [1.165, 1.54) is 95.9 Å². The molecule has 6 rings (SSSR count). The number of hydrogen-bond donors (Lipinski definition) is 1. The van der Waals surface area contributed by atoms with Crippen LogP contribution in [0.1, 0.15) is 120 Å². The molecule has 1 atom stereocenters. The molecule has 4 aromatic rings. The van der Waals surface area contributed by atoms with Crippen molar-refractivity contribution in [1.29, 1.82) is 0 Å². The van der Waals surface area contributed by atoms with E-state index in [0.717, 1.165) is 25.2 Å². The van der Waals surface area contributed by atoms with Crippen molar-refractivity contribution in [1.82, 2.24) is 0 Å². The van der Waals surface area contributed by atoms with Crippen LogP contribution in [0.15, 0.2) is 84.9 Å². The fraction of sp³-hybridized carbons (Fsp3) is 0.455. The monoisotopic (exact) mass is 597 g/mol. The maximum Gasteiger partial charge on any atom is 0.00645 e. The predicted molar refractivity (Wildman–Crippen MR) is 195 cm³/mol. The Bertz CT molecular complexity index is 1530. The van der Waals surface area contributed by atoms with E-state index in [-0.39, 0.29) is 0 Å². The van der Waals surface area contributed by atoms with Gasteiger partial charge < -0.3 is 5.73 Å². The fourth-order valence-electron chi connectivity index (χ4n) is 8.28. The van der Waals surface area contributed by atoms with E-state index in [1.54, 1.807) is 11.1 Å². The van der Waals surface area contributed by atoms with Crippen LogP contribution in [0.25, 0.3) is 33.4 Å². The van der Waals surface area contributed by atoms with Gasteiger partial charge in [0.25, 0.3) is 0 Å². The van der Waals surface area contributed by atoms with Crippen LogP contribution in [0.3, 0.4) is 0 Å². The Morgan fingerprint density at radius 1 is 0.533 bits per heavy atom. The van der Waals surface area contributed by atoms with Crippen LogP contribution >= 0.6 is 0 Å². The second-order valence-electron chi connectivity index (χ2n) is 14.3. The van der Waals surface area contributed by atoms with Crippen molar-refractivity contribution in [3.8, 4) is 33.4 Å². The molecule has 1 heteroatoms. The third-order valence-corrected chi connectivity index (χ3v) is 11.5. The van der Waals surface area contributed by atoms with Crippen molar-refractivity contribution in [3.63, 3.8) is 0 Å². The lowest BCUT2D eigenvalue weighted by Crippen LogP contribution is -2.32. The summed E-state index contributed by atoms with van der Waals surface area (Å²) in [7, 11) is 0. The van der Waals surface area contributed by atoms with Crippen LogP contribution in [0, 0.1) is 11.8 Å². The van der Waals surface area contributed by atoms with Gasteiger partial charge in [0.05, 0.1) is 0 Å². The van der Waals surface area contributed by atoms with Crippen molar-refractivity contribution in [2.45, 2.75) is 116 Å². The molecule has 0 amide bonds. The van der Waals surface area contributed by atoms with Crippen molar-refractivity contribution in [3.05, 3.63) is 107 Å². The van der Waals surface area contributed by atoms with Crippen molar-refractivity contribution >= 4 is 0 Å². The van der Waals surface area contributed by atoms with Crippen LogP contribution < -0.4 is 5.73 Å². The average molecular weight is 598 g/mol. The zero-order chi connectivity index (χ0) is 31.3. The first-order chi connectivity index (χ1) is 22.0. The van der Waals surface area contributed by atoms with Gasteiger partial charge in [0.1, 0.15) is 0 Å². The van der Waals surface area contributed by atoms with Gasteiger partial charge >= 0.3 is 0 Å². The minimum absolute atomic E-state index is 0.343. The quantitative estimate of drug-likeness (QED) is 0.204. The van der Waals surface area contributed by atoms with Gasteiger partial charge in [-0.2, -0.15) is 0 Å². The van der Waals surface area contributed by atoms with Gasteiger partial charge in [-0.15, -0.1) is 0 Å². The maximum atomic E-state index is 6.56. The predicted octanol–water partition coefficient (Wildman–Crippen LogP) is 12.1. The summed E-state index contributed by atoms with van der Waals surface area (Å²) in [6.45, 7) is 9.16. The highest BCUT2D eigenvalue weighted by Gasteiger charge is 2.29. The molecule has 0 saturated heterocycles. The first-order valence-corrected chi connectivity index (χ1v) is 18.2. The van der Waals surface area contributed by atoms with Gasteiger partial charge in [0.2, 0.25) is 0 Å². The molecule has 2 aliphatic rings. The van der Waals surface area contributed by atoms with Crippen molar-refractivity contribution < 1.29 is 0 Å².